The summed E-state index contributed by atoms with van der Waals surface area (Å²) in [6, 6.07) is 1.92. The Balaban J connectivity index is 3.55. The topological polar surface area (TPSA) is 54.4 Å². The van der Waals surface area contributed by atoms with Crippen LogP contribution in [0, 0.1) is 0 Å². The molecule has 15 heavy (non-hydrogen) atoms. The second kappa shape index (κ2) is 3.66. The fourth-order valence-electron chi connectivity index (χ4n) is 0.944. The van der Waals surface area contributed by atoms with Crippen LogP contribution in [0.1, 0.15) is 5.56 Å². The molecule has 1 aromatic rings. The van der Waals surface area contributed by atoms with Gasteiger partial charge in [0.25, 0.3) is 10.1 Å². The quantitative estimate of drug-likeness (QED) is 0.790. The van der Waals surface area contributed by atoms with Crippen molar-refractivity contribution in [2.45, 2.75) is 11.1 Å². The summed E-state index contributed by atoms with van der Waals surface area (Å²) in [5, 5.41) is -0.212. The number of alkyl halides is 3. The molecule has 0 heterocycles. The highest BCUT2D eigenvalue weighted by molar-refractivity contribution is 7.85. The lowest BCUT2D eigenvalue weighted by atomic mass is 10.2. The minimum absolute atomic E-state index is 0.212. The largest absolute Gasteiger partial charge is 0.417 e. The van der Waals surface area contributed by atoms with Crippen molar-refractivity contribution in [3.8, 4) is 0 Å². The van der Waals surface area contributed by atoms with Crippen molar-refractivity contribution in [1.82, 2.24) is 0 Å². The molecule has 3 nitrogen and oxygen atoms in total. The monoisotopic (exact) mass is 260 g/mol. The maximum absolute atomic E-state index is 12.3. The Morgan fingerprint density at radius 1 is 1.27 bits per heavy atom. The van der Waals surface area contributed by atoms with Gasteiger partial charge in [-0.25, -0.2) is 0 Å². The van der Waals surface area contributed by atoms with E-state index >= 15 is 0 Å². The summed E-state index contributed by atoms with van der Waals surface area (Å²) in [5.41, 5.74) is -1.45. The lowest BCUT2D eigenvalue weighted by Crippen LogP contribution is -2.12. The molecule has 0 saturated heterocycles. The van der Waals surface area contributed by atoms with Gasteiger partial charge in [-0.2, -0.15) is 21.6 Å². The van der Waals surface area contributed by atoms with E-state index in [9.17, 15) is 21.6 Å². The van der Waals surface area contributed by atoms with Gasteiger partial charge in [-0.05, 0) is 18.2 Å². The summed E-state index contributed by atoms with van der Waals surface area (Å²) < 4.78 is 66.7. The molecule has 1 aromatic carbocycles. The summed E-state index contributed by atoms with van der Waals surface area (Å²) in [6.45, 7) is 0. The zero-order valence-electron chi connectivity index (χ0n) is 6.92. The van der Waals surface area contributed by atoms with E-state index in [-0.39, 0.29) is 5.02 Å². The second-order valence-electron chi connectivity index (χ2n) is 2.61. The van der Waals surface area contributed by atoms with E-state index < -0.39 is 26.8 Å². The van der Waals surface area contributed by atoms with Gasteiger partial charge in [0.05, 0.1) is 5.56 Å². The molecule has 0 radical (unpaired) electrons. The smallest absolute Gasteiger partial charge is 0.282 e. The SMILES string of the molecule is O=S(=O)(O)c1cc(Cl)ccc1C(F)(F)F. The van der Waals surface area contributed by atoms with Crippen LogP contribution in [0.2, 0.25) is 5.02 Å². The molecule has 0 aliphatic rings. The lowest BCUT2D eigenvalue weighted by Gasteiger charge is -2.10. The van der Waals surface area contributed by atoms with Gasteiger partial charge in [-0.1, -0.05) is 11.6 Å². The van der Waals surface area contributed by atoms with Crippen LogP contribution in [0.5, 0.6) is 0 Å². The molecule has 8 heteroatoms. The maximum Gasteiger partial charge on any atom is 0.417 e. The summed E-state index contributed by atoms with van der Waals surface area (Å²) >= 11 is 5.33. The summed E-state index contributed by atoms with van der Waals surface area (Å²) in [6.07, 6.45) is -4.87. The molecule has 0 aliphatic heterocycles. The van der Waals surface area contributed by atoms with E-state index in [1.165, 1.54) is 0 Å². The Bertz CT molecular complexity index is 481. The third-order valence-electron chi connectivity index (χ3n) is 1.53. The van der Waals surface area contributed by atoms with Crippen molar-refractivity contribution in [1.29, 1.82) is 0 Å². The molecule has 84 valence electrons. The van der Waals surface area contributed by atoms with Crippen molar-refractivity contribution in [3.05, 3.63) is 28.8 Å². The zero-order valence-corrected chi connectivity index (χ0v) is 8.49. The normalized spacial score (nSPS) is 12.9. The van der Waals surface area contributed by atoms with Crippen LogP contribution in [0.25, 0.3) is 0 Å². The van der Waals surface area contributed by atoms with Crippen LogP contribution in [-0.2, 0) is 16.3 Å². The van der Waals surface area contributed by atoms with Crippen molar-refractivity contribution in [3.63, 3.8) is 0 Å². The predicted octanol–water partition coefficient (Wildman–Crippen LogP) is 2.61. The molecule has 0 aromatic heterocycles. The van der Waals surface area contributed by atoms with Gasteiger partial charge in [-0.15, -0.1) is 0 Å². The summed E-state index contributed by atoms with van der Waals surface area (Å²) in [4.78, 5) is -1.25. The first-order chi connectivity index (χ1) is 6.62. The highest BCUT2D eigenvalue weighted by atomic mass is 35.5. The number of benzene rings is 1. The summed E-state index contributed by atoms with van der Waals surface area (Å²) in [7, 11) is -4.94. The number of rotatable bonds is 1. The van der Waals surface area contributed by atoms with Crippen LogP contribution in [-0.4, -0.2) is 13.0 Å². The standard InChI is InChI=1S/C7H4ClF3O3S/c8-4-1-2-5(7(9,10)11)6(3-4)15(12,13)14/h1-3H,(H,12,13,14). The highest BCUT2D eigenvalue weighted by Crippen LogP contribution is 2.35. The minimum atomic E-state index is -4.94. The van der Waals surface area contributed by atoms with Gasteiger partial charge in [-0.3, -0.25) is 4.55 Å². The van der Waals surface area contributed by atoms with Crippen molar-refractivity contribution >= 4 is 21.7 Å². The van der Waals surface area contributed by atoms with Gasteiger partial charge in [0, 0.05) is 5.02 Å². The molecule has 0 bridgehead atoms. The molecule has 0 atom stereocenters. The van der Waals surface area contributed by atoms with Crippen molar-refractivity contribution < 1.29 is 26.1 Å². The van der Waals surface area contributed by atoms with E-state index in [4.69, 9.17) is 16.2 Å². The molecular formula is C7H4ClF3O3S. The van der Waals surface area contributed by atoms with Crippen LogP contribution in [0.15, 0.2) is 23.1 Å². The fourth-order valence-corrected chi connectivity index (χ4v) is 1.92. The predicted molar refractivity (Wildman–Crippen MR) is 46.3 cm³/mol. The van der Waals surface area contributed by atoms with Crippen LogP contribution in [0.4, 0.5) is 13.2 Å². The van der Waals surface area contributed by atoms with Gasteiger partial charge in [0.2, 0.25) is 0 Å². The van der Waals surface area contributed by atoms with Crippen molar-refractivity contribution in [2.24, 2.45) is 0 Å². The summed E-state index contributed by atoms with van der Waals surface area (Å²) in [5.74, 6) is 0. The Morgan fingerprint density at radius 3 is 2.20 bits per heavy atom. The minimum Gasteiger partial charge on any atom is -0.282 e. The molecule has 1 rings (SSSR count). The lowest BCUT2D eigenvalue weighted by molar-refractivity contribution is -0.140. The average Bonchev–Trinajstić information content (AvgIpc) is 2.00. The van der Waals surface area contributed by atoms with E-state index in [0.717, 1.165) is 6.07 Å². The number of halogens is 4. The van der Waals surface area contributed by atoms with Gasteiger partial charge < -0.3 is 0 Å². The van der Waals surface area contributed by atoms with Gasteiger partial charge >= 0.3 is 6.18 Å². The van der Waals surface area contributed by atoms with Crippen LogP contribution < -0.4 is 0 Å². The Hall–Kier alpha value is -0.790. The molecule has 1 N–H and O–H groups in total. The molecule has 0 amide bonds. The third-order valence-corrected chi connectivity index (χ3v) is 2.66. The molecular weight excluding hydrogens is 257 g/mol. The Morgan fingerprint density at radius 2 is 1.80 bits per heavy atom. The molecule has 0 saturated carbocycles. The third kappa shape index (κ3) is 2.83. The zero-order chi connectivity index (χ0) is 11.9. The number of hydrogen-bond acceptors (Lipinski definition) is 2. The van der Waals surface area contributed by atoms with Crippen LogP contribution >= 0.6 is 11.6 Å². The average molecular weight is 261 g/mol. The molecule has 0 spiro atoms. The molecule has 0 aliphatic carbocycles. The maximum atomic E-state index is 12.3. The van der Waals surface area contributed by atoms with E-state index in [1.54, 1.807) is 0 Å². The van der Waals surface area contributed by atoms with E-state index in [2.05, 4.69) is 0 Å². The van der Waals surface area contributed by atoms with Crippen molar-refractivity contribution in [2.75, 3.05) is 0 Å². The fraction of sp³-hybridized carbons (Fsp3) is 0.143. The first-order valence-corrected chi connectivity index (χ1v) is 5.28. The van der Waals surface area contributed by atoms with E-state index in [0.29, 0.717) is 12.1 Å². The van der Waals surface area contributed by atoms with Crippen LogP contribution in [0.3, 0.4) is 0 Å². The Kier molecular flexibility index (Phi) is 2.99. The van der Waals surface area contributed by atoms with Gasteiger partial charge in [0.15, 0.2) is 0 Å². The number of hydrogen-bond donors (Lipinski definition) is 1. The van der Waals surface area contributed by atoms with Gasteiger partial charge in [0.1, 0.15) is 4.90 Å². The molecule has 0 unspecified atom stereocenters. The molecule has 0 fully saturated rings. The highest BCUT2D eigenvalue weighted by Gasteiger charge is 2.36. The first kappa shape index (κ1) is 12.3. The Labute approximate surface area is 88.2 Å². The second-order valence-corrected chi connectivity index (χ2v) is 4.44. The van der Waals surface area contributed by atoms with E-state index in [1.807, 2.05) is 0 Å². The first-order valence-electron chi connectivity index (χ1n) is 3.46.